The van der Waals surface area contributed by atoms with Crippen LogP contribution in [0.4, 0.5) is 18.3 Å². The molecule has 0 bridgehead atoms. The van der Waals surface area contributed by atoms with Crippen LogP contribution >= 0.6 is 11.5 Å². The van der Waals surface area contributed by atoms with E-state index in [0.717, 1.165) is 0 Å². The van der Waals surface area contributed by atoms with E-state index in [1.54, 1.807) is 0 Å². The van der Waals surface area contributed by atoms with Crippen LogP contribution in [0.2, 0.25) is 0 Å². The van der Waals surface area contributed by atoms with E-state index in [2.05, 4.69) is 14.7 Å². The molecule has 17 heavy (non-hydrogen) atoms. The third-order valence-electron chi connectivity index (χ3n) is 2.27. The fraction of sp³-hybridized carbons (Fsp3) is 0.778. The van der Waals surface area contributed by atoms with Crippen molar-refractivity contribution in [1.82, 2.24) is 9.36 Å². The van der Waals surface area contributed by atoms with Gasteiger partial charge in [0.25, 0.3) is 0 Å². The number of nitrogens with zero attached hydrogens (tertiary/aromatic N) is 2. The van der Waals surface area contributed by atoms with E-state index < -0.39 is 12.0 Å². The molecule has 98 valence electrons. The highest BCUT2D eigenvalue weighted by Gasteiger charge is 2.36. The van der Waals surface area contributed by atoms with Crippen molar-refractivity contribution in [3.8, 4) is 0 Å². The number of nitrogens with two attached hydrogens (primary N) is 1. The van der Waals surface area contributed by atoms with Crippen LogP contribution in [0.3, 0.4) is 0 Å². The minimum absolute atomic E-state index is 0.00836. The number of alkyl halides is 3. The van der Waals surface area contributed by atoms with Gasteiger partial charge in [-0.1, -0.05) is 13.8 Å². The smallest absolute Gasteiger partial charge is 0.357 e. The van der Waals surface area contributed by atoms with Crippen LogP contribution < -0.4 is 11.1 Å². The number of anilines is 1. The minimum atomic E-state index is -4.49. The Bertz CT molecular complexity index is 350. The second-order valence-corrected chi connectivity index (χ2v) is 4.74. The van der Waals surface area contributed by atoms with Crippen molar-refractivity contribution in [2.24, 2.45) is 11.7 Å². The normalized spacial score (nSPS) is 14.1. The van der Waals surface area contributed by atoms with Gasteiger partial charge in [-0.15, -0.1) is 0 Å². The summed E-state index contributed by atoms with van der Waals surface area (Å²) in [5, 5.41) is 3.12. The second kappa shape index (κ2) is 5.63. The molecular weight excluding hydrogens is 253 g/mol. The number of aromatic nitrogens is 2. The quantitative estimate of drug-likeness (QED) is 0.860. The molecule has 0 saturated carbocycles. The van der Waals surface area contributed by atoms with E-state index in [1.807, 2.05) is 13.8 Å². The Morgan fingerprint density at radius 3 is 2.47 bits per heavy atom. The lowest BCUT2D eigenvalue weighted by atomic mass is 10.0. The summed E-state index contributed by atoms with van der Waals surface area (Å²) in [4.78, 5) is 3.42. The van der Waals surface area contributed by atoms with E-state index in [9.17, 15) is 13.2 Å². The highest BCUT2D eigenvalue weighted by molar-refractivity contribution is 7.09. The lowest BCUT2D eigenvalue weighted by Crippen LogP contribution is -2.28. The molecule has 0 aromatic carbocycles. The van der Waals surface area contributed by atoms with Crippen LogP contribution in [0.25, 0.3) is 0 Å². The topological polar surface area (TPSA) is 63.8 Å². The SMILES string of the molecule is CC(C)C(CCN)Nc1nc(C(F)(F)F)ns1. The van der Waals surface area contributed by atoms with Gasteiger partial charge in [0.2, 0.25) is 11.0 Å². The maximum atomic E-state index is 12.3. The van der Waals surface area contributed by atoms with Crippen molar-refractivity contribution in [3.05, 3.63) is 5.82 Å². The highest BCUT2D eigenvalue weighted by atomic mass is 32.1. The monoisotopic (exact) mass is 268 g/mol. The lowest BCUT2D eigenvalue weighted by molar-refractivity contribution is -0.144. The first kappa shape index (κ1) is 14.2. The van der Waals surface area contributed by atoms with Gasteiger partial charge in [-0.2, -0.15) is 22.5 Å². The number of nitrogens with one attached hydrogen (secondary N) is 1. The number of rotatable bonds is 5. The summed E-state index contributed by atoms with van der Waals surface area (Å²) in [7, 11) is 0. The molecule has 1 rings (SSSR count). The predicted octanol–water partition coefficient (Wildman–Crippen LogP) is 2.34. The highest BCUT2D eigenvalue weighted by Crippen LogP contribution is 2.29. The first-order chi connectivity index (χ1) is 7.84. The average Bonchev–Trinajstić information content (AvgIpc) is 2.64. The first-order valence-electron chi connectivity index (χ1n) is 5.22. The van der Waals surface area contributed by atoms with Gasteiger partial charge in [-0.3, -0.25) is 0 Å². The van der Waals surface area contributed by atoms with Gasteiger partial charge in [0, 0.05) is 17.6 Å². The molecular formula is C9H15F3N4S. The molecule has 0 saturated heterocycles. The van der Waals surface area contributed by atoms with E-state index in [1.165, 1.54) is 0 Å². The van der Waals surface area contributed by atoms with Crippen molar-refractivity contribution in [2.45, 2.75) is 32.5 Å². The van der Waals surface area contributed by atoms with Crippen molar-refractivity contribution >= 4 is 16.7 Å². The van der Waals surface area contributed by atoms with Crippen LogP contribution in [0.5, 0.6) is 0 Å². The fourth-order valence-corrected chi connectivity index (χ4v) is 1.96. The van der Waals surface area contributed by atoms with Gasteiger partial charge in [0.1, 0.15) is 0 Å². The number of hydrogen-bond acceptors (Lipinski definition) is 5. The summed E-state index contributed by atoms with van der Waals surface area (Å²) in [5.41, 5.74) is 5.44. The fourth-order valence-electron chi connectivity index (χ4n) is 1.31. The van der Waals surface area contributed by atoms with Crippen LogP contribution in [0.15, 0.2) is 0 Å². The van der Waals surface area contributed by atoms with Crippen molar-refractivity contribution in [2.75, 3.05) is 11.9 Å². The molecule has 1 aromatic heterocycles. The Kier molecular flexibility index (Phi) is 4.70. The first-order valence-corrected chi connectivity index (χ1v) is 5.99. The maximum absolute atomic E-state index is 12.3. The second-order valence-electron chi connectivity index (χ2n) is 3.99. The average molecular weight is 268 g/mol. The van der Waals surface area contributed by atoms with E-state index >= 15 is 0 Å². The minimum Gasteiger partial charge on any atom is -0.357 e. The van der Waals surface area contributed by atoms with Crippen LogP contribution in [0.1, 0.15) is 26.1 Å². The molecule has 0 aliphatic rings. The van der Waals surface area contributed by atoms with Gasteiger partial charge in [-0.05, 0) is 18.9 Å². The summed E-state index contributed by atoms with van der Waals surface area (Å²) in [6.07, 6.45) is -3.81. The zero-order chi connectivity index (χ0) is 13.1. The number of hydrogen-bond donors (Lipinski definition) is 2. The summed E-state index contributed by atoms with van der Waals surface area (Å²) < 4.78 is 40.1. The molecule has 0 amide bonds. The third kappa shape index (κ3) is 4.12. The number of halogens is 3. The Hall–Kier alpha value is -0.890. The summed E-state index contributed by atoms with van der Waals surface area (Å²) in [5.74, 6) is -0.836. The standard InChI is InChI=1S/C9H15F3N4S/c1-5(2)6(3-4-13)14-8-15-7(16-17-8)9(10,11)12/h5-6H,3-4,13H2,1-2H3,(H,14,15,16). The Morgan fingerprint density at radius 1 is 1.41 bits per heavy atom. The third-order valence-corrected chi connectivity index (χ3v) is 2.92. The molecule has 4 nitrogen and oxygen atoms in total. The Morgan fingerprint density at radius 2 is 2.06 bits per heavy atom. The molecule has 0 aliphatic heterocycles. The molecule has 1 aromatic rings. The summed E-state index contributed by atoms with van der Waals surface area (Å²) in [6, 6.07) is 0.00836. The molecule has 0 fully saturated rings. The molecule has 1 heterocycles. The predicted molar refractivity (Wildman–Crippen MR) is 60.8 cm³/mol. The summed E-state index contributed by atoms with van der Waals surface area (Å²) >= 11 is 0.715. The lowest BCUT2D eigenvalue weighted by Gasteiger charge is -2.20. The maximum Gasteiger partial charge on any atom is 0.452 e. The molecule has 1 unspecified atom stereocenters. The van der Waals surface area contributed by atoms with Gasteiger partial charge < -0.3 is 11.1 Å². The van der Waals surface area contributed by atoms with Crippen molar-refractivity contribution < 1.29 is 13.2 Å². The van der Waals surface area contributed by atoms with Crippen LogP contribution in [-0.2, 0) is 6.18 Å². The molecule has 1 atom stereocenters. The van der Waals surface area contributed by atoms with Gasteiger partial charge in [0.05, 0.1) is 0 Å². The molecule has 8 heteroatoms. The van der Waals surface area contributed by atoms with Gasteiger partial charge in [-0.25, -0.2) is 0 Å². The Balaban J connectivity index is 2.70. The van der Waals surface area contributed by atoms with Crippen molar-refractivity contribution in [1.29, 1.82) is 0 Å². The van der Waals surface area contributed by atoms with E-state index in [0.29, 0.717) is 24.5 Å². The van der Waals surface area contributed by atoms with Crippen LogP contribution in [-0.4, -0.2) is 21.9 Å². The van der Waals surface area contributed by atoms with Gasteiger partial charge in [0.15, 0.2) is 0 Å². The largest absolute Gasteiger partial charge is 0.452 e. The molecule has 0 spiro atoms. The van der Waals surface area contributed by atoms with E-state index in [-0.39, 0.29) is 17.1 Å². The van der Waals surface area contributed by atoms with Crippen molar-refractivity contribution in [3.63, 3.8) is 0 Å². The van der Waals surface area contributed by atoms with Gasteiger partial charge >= 0.3 is 6.18 Å². The zero-order valence-corrected chi connectivity index (χ0v) is 10.4. The Labute approximate surface area is 102 Å². The molecule has 0 radical (unpaired) electrons. The molecule has 3 N–H and O–H groups in total. The molecule has 0 aliphatic carbocycles. The zero-order valence-electron chi connectivity index (χ0n) is 9.58. The van der Waals surface area contributed by atoms with Crippen LogP contribution in [0, 0.1) is 5.92 Å². The van der Waals surface area contributed by atoms with E-state index in [4.69, 9.17) is 5.73 Å². The summed E-state index contributed by atoms with van der Waals surface area (Å²) in [6.45, 7) is 4.42.